The molecule has 0 atom stereocenters. The highest BCUT2D eigenvalue weighted by Crippen LogP contribution is 2.33. The summed E-state index contributed by atoms with van der Waals surface area (Å²) in [6.07, 6.45) is 9.64. The van der Waals surface area contributed by atoms with Gasteiger partial charge in [-0.1, -0.05) is 6.92 Å². The smallest absolute Gasteiger partial charge is 0.159 e. The van der Waals surface area contributed by atoms with Crippen LogP contribution in [0.3, 0.4) is 0 Å². The summed E-state index contributed by atoms with van der Waals surface area (Å²) in [5.41, 5.74) is 6.82. The zero-order valence-electron chi connectivity index (χ0n) is 23.9. The molecule has 0 saturated carbocycles. The Hall–Kier alpha value is -4.74. The van der Waals surface area contributed by atoms with Gasteiger partial charge in [-0.05, 0) is 68.4 Å². The summed E-state index contributed by atoms with van der Waals surface area (Å²) in [5, 5.41) is 11.7. The third-order valence-corrected chi connectivity index (χ3v) is 7.77. The zero-order valence-corrected chi connectivity index (χ0v) is 23.9. The van der Waals surface area contributed by atoms with E-state index in [9.17, 15) is 4.39 Å². The zero-order chi connectivity index (χ0) is 29.2. The Morgan fingerprint density at radius 2 is 1.86 bits per heavy atom. The van der Waals surface area contributed by atoms with Crippen LogP contribution in [0.5, 0.6) is 5.75 Å². The molecule has 0 spiro atoms. The van der Waals surface area contributed by atoms with Crippen molar-refractivity contribution in [2.24, 2.45) is 0 Å². The number of pyridine rings is 3. The second-order valence-corrected chi connectivity index (χ2v) is 10.8. The van der Waals surface area contributed by atoms with E-state index in [0.717, 1.165) is 60.3 Å². The average Bonchev–Trinajstić information content (AvgIpc) is 3.79. The van der Waals surface area contributed by atoms with Gasteiger partial charge >= 0.3 is 0 Å². The molecule has 218 valence electrons. The van der Waals surface area contributed by atoms with Crippen LogP contribution < -0.4 is 10.1 Å². The Balaban J connectivity index is 1.20. The maximum absolute atomic E-state index is 14.7. The van der Waals surface area contributed by atoms with Crippen molar-refractivity contribution in [3.8, 4) is 39.7 Å². The molecule has 1 fully saturated rings. The van der Waals surface area contributed by atoms with Crippen LogP contribution in [0.15, 0.2) is 61.2 Å². The fraction of sp³-hybridized carbons (Fsp3) is 0.281. The molecule has 0 bridgehead atoms. The summed E-state index contributed by atoms with van der Waals surface area (Å²) in [6.45, 7) is 7.23. The molecule has 5 aromatic heterocycles. The highest BCUT2D eigenvalue weighted by atomic mass is 19.1. The highest BCUT2D eigenvalue weighted by molar-refractivity contribution is 5.96. The molecule has 1 aliphatic heterocycles. The number of nitrogens with zero attached hydrogens (tertiary/aromatic N) is 6. The maximum Gasteiger partial charge on any atom is 0.159 e. The van der Waals surface area contributed by atoms with E-state index in [4.69, 9.17) is 9.72 Å². The van der Waals surface area contributed by atoms with E-state index < -0.39 is 0 Å². The number of H-pyrrole nitrogens is 2. The predicted octanol–water partition coefficient (Wildman–Crippen LogP) is 5.35. The van der Waals surface area contributed by atoms with Crippen LogP contribution in [0.4, 0.5) is 4.39 Å². The molecule has 0 radical (unpaired) electrons. The third-order valence-electron chi connectivity index (χ3n) is 7.77. The number of nitrogens with one attached hydrogen (secondary N) is 3. The Labute approximate surface area is 247 Å². The highest BCUT2D eigenvalue weighted by Gasteiger charge is 2.18. The van der Waals surface area contributed by atoms with Gasteiger partial charge in [0.15, 0.2) is 11.5 Å². The first kappa shape index (κ1) is 27.1. The van der Waals surface area contributed by atoms with Gasteiger partial charge < -0.3 is 15.0 Å². The Morgan fingerprint density at radius 1 is 0.977 bits per heavy atom. The van der Waals surface area contributed by atoms with Crippen LogP contribution in [0.25, 0.3) is 56.0 Å². The van der Waals surface area contributed by atoms with Gasteiger partial charge in [-0.3, -0.25) is 20.0 Å². The topological polar surface area (TPSA) is 121 Å². The SMILES string of the molecule is CCNCc1cncc(-c2cnc3[nH]nc(-c4nc5c(-c6cc(F)cc(OCCN7CCCC7)c6)nccc5[nH]4)c3c2)c1. The van der Waals surface area contributed by atoms with Gasteiger partial charge in [0.2, 0.25) is 0 Å². The molecule has 43 heavy (non-hydrogen) atoms. The minimum atomic E-state index is -0.385. The standard InChI is InChI=1S/C32H32FN9O/c1-2-34-16-20-11-22(18-35-17-20)23-14-26-29(40-41-31(26)37-19-23)32-38-27-5-6-36-28(30(27)39-32)21-12-24(33)15-25(13-21)43-10-9-42-7-3-4-8-42/h5-6,11-15,17-19,34H,2-4,7-10,16H2,1H3,(H,38,39)(H,37,40,41). The van der Waals surface area contributed by atoms with E-state index in [1.165, 1.54) is 25.0 Å². The molecular weight excluding hydrogens is 545 g/mol. The number of hydrogen-bond donors (Lipinski definition) is 3. The lowest BCUT2D eigenvalue weighted by Gasteiger charge is -2.15. The van der Waals surface area contributed by atoms with Crippen LogP contribution in [0.1, 0.15) is 25.3 Å². The summed E-state index contributed by atoms with van der Waals surface area (Å²) in [7, 11) is 0. The number of fused-ring (bicyclic) bond motifs is 2. The van der Waals surface area contributed by atoms with Crippen molar-refractivity contribution in [3.05, 3.63) is 72.6 Å². The van der Waals surface area contributed by atoms with Crippen molar-refractivity contribution in [2.45, 2.75) is 26.3 Å². The van der Waals surface area contributed by atoms with E-state index in [2.05, 4.69) is 53.3 Å². The third kappa shape index (κ3) is 5.69. The van der Waals surface area contributed by atoms with Crippen LogP contribution in [-0.2, 0) is 6.54 Å². The molecule has 10 nitrogen and oxygen atoms in total. The Kier molecular flexibility index (Phi) is 7.48. The molecule has 0 aliphatic carbocycles. The second kappa shape index (κ2) is 11.9. The number of benzene rings is 1. The Bertz CT molecular complexity index is 1890. The number of ether oxygens (including phenoxy) is 1. The fourth-order valence-corrected chi connectivity index (χ4v) is 5.59. The van der Waals surface area contributed by atoms with E-state index in [0.29, 0.717) is 46.3 Å². The van der Waals surface area contributed by atoms with E-state index in [1.54, 1.807) is 6.20 Å². The summed E-state index contributed by atoms with van der Waals surface area (Å²) >= 11 is 0. The maximum atomic E-state index is 14.7. The van der Waals surface area contributed by atoms with Gasteiger partial charge in [0.05, 0.1) is 16.6 Å². The minimum Gasteiger partial charge on any atom is -0.492 e. The molecule has 0 unspecified atom stereocenters. The number of aromatic amines is 2. The molecule has 11 heteroatoms. The largest absolute Gasteiger partial charge is 0.492 e. The van der Waals surface area contributed by atoms with Crippen LogP contribution >= 0.6 is 0 Å². The summed E-state index contributed by atoms with van der Waals surface area (Å²) in [5.74, 6) is 0.654. The van der Waals surface area contributed by atoms with Gasteiger partial charge in [0.1, 0.15) is 29.4 Å². The Morgan fingerprint density at radius 3 is 2.74 bits per heavy atom. The van der Waals surface area contributed by atoms with E-state index >= 15 is 0 Å². The number of halogens is 1. The van der Waals surface area contributed by atoms with E-state index in [-0.39, 0.29) is 5.82 Å². The quantitative estimate of drug-likeness (QED) is 0.199. The monoisotopic (exact) mass is 577 g/mol. The molecule has 0 amide bonds. The first-order valence-corrected chi connectivity index (χ1v) is 14.6. The minimum absolute atomic E-state index is 0.385. The summed E-state index contributed by atoms with van der Waals surface area (Å²) < 4.78 is 20.7. The lowest BCUT2D eigenvalue weighted by Crippen LogP contribution is -2.25. The lowest BCUT2D eigenvalue weighted by atomic mass is 10.1. The van der Waals surface area contributed by atoms with Gasteiger partial charge in [-0.2, -0.15) is 5.10 Å². The van der Waals surface area contributed by atoms with Gasteiger partial charge in [-0.15, -0.1) is 0 Å². The van der Waals surface area contributed by atoms with Gasteiger partial charge in [0.25, 0.3) is 0 Å². The van der Waals surface area contributed by atoms with Gasteiger partial charge in [-0.25, -0.2) is 14.4 Å². The van der Waals surface area contributed by atoms with Crippen LogP contribution in [0, 0.1) is 5.82 Å². The molecule has 7 rings (SSSR count). The normalized spacial score (nSPS) is 13.8. The lowest BCUT2D eigenvalue weighted by molar-refractivity contribution is 0.237. The van der Waals surface area contributed by atoms with Crippen molar-refractivity contribution in [2.75, 3.05) is 32.8 Å². The molecular formula is C32H32FN9O. The first-order valence-electron chi connectivity index (χ1n) is 14.6. The van der Waals surface area contributed by atoms with E-state index in [1.807, 2.05) is 36.8 Å². The average molecular weight is 578 g/mol. The molecule has 6 aromatic rings. The number of rotatable bonds is 10. The number of imidazole rings is 1. The second-order valence-electron chi connectivity index (χ2n) is 10.8. The summed E-state index contributed by atoms with van der Waals surface area (Å²) in [4.78, 5) is 24.2. The van der Waals surface area contributed by atoms with Gasteiger partial charge in [0, 0.05) is 60.6 Å². The number of hydrogen-bond acceptors (Lipinski definition) is 8. The van der Waals surface area contributed by atoms with Crippen LogP contribution in [0.2, 0.25) is 0 Å². The number of aromatic nitrogens is 7. The molecule has 1 aromatic carbocycles. The predicted molar refractivity (Wildman–Crippen MR) is 164 cm³/mol. The molecule has 6 heterocycles. The van der Waals surface area contributed by atoms with Crippen molar-refractivity contribution in [3.63, 3.8) is 0 Å². The first-order chi connectivity index (χ1) is 21.1. The molecule has 1 saturated heterocycles. The number of likely N-dealkylation sites (tertiary alicyclic amines) is 1. The summed E-state index contributed by atoms with van der Waals surface area (Å²) in [6, 6.07) is 10.7. The van der Waals surface area contributed by atoms with Crippen molar-refractivity contribution in [1.82, 2.24) is 45.3 Å². The molecule has 1 aliphatic rings. The van der Waals surface area contributed by atoms with Crippen molar-refractivity contribution < 1.29 is 9.13 Å². The van der Waals surface area contributed by atoms with Crippen molar-refractivity contribution >= 4 is 22.1 Å². The fourth-order valence-electron chi connectivity index (χ4n) is 5.59. The van der Waals surface area contributed by atoms with Crippen molar-refractivity contribution in [1.29, 1.82) is 0 Å². The molecule has 3 N–H and O–H groups in total. The van der Waals surface area contributed by atoms with Crippen LogP contribution in [-0.4, -0.2) is 72.8 Å².